The molecule has 0 aromatic heterocycles. The first-order valence-electron chi connectivity index (χ1n) is 9.71. The molecular weight excluding hydrogens is 412 g/mol. The Morgan fingerprint density at radius 3 is 2.29 bits per heavy atom. The Morgan fingerprint density at radius 1 is 0.893 bits per heavy atom. The number of benzene rings is 3. The predicted molar refractivity (Wildman–Crippen MR) is 115 cm³/mol. The molecule has 2 nitrogen and oxygen atoms in total. The largest absolute Gasteiger partial charge is 0.454 e. The summed E-state index contributed by atoms with van der Waals surface area (Å²) in [7, 11) is 0. The van der Waals surface area contributed by atoms with Crippen LogP contribution in [-0.4, -0.2) is 6.79 Å². The van der Waals surface area contributed by atoms with Crippen molar-refractivity contribution in [2.24, 2.45) is 0 Å². The SMILES string of the molecule is CC1=Cc2c(cc3c(c2Br)OCO3)C1CC1c2ccccc2-c2ccccc21. The molecule has 0 bridgehead atoms. The number of ether oxygens (including phenoxy) is 2. The topological polar surface area (TPSA) is 18.5 Å². The van der Waals surface area contributed by atoms with Crippen LogP contribution in [0.3, 0.4) is 0 Å². The fourth-order valence-electron chi connectivity index (χ4n) is 5.11. The van der Waals surface area contributed by atoms with Gasteiger partial charge in [-0.05, 0) is 68.7 Å². The molecule has 1 unspecified atom stereocenters. The minimum atomic E-state index is 0.299. The van der Waals surface area contributed by atoms with E-state index in [9.17, 15) is 0 Å². The molecule has 1 heterocycles. The van der Waals surface area contributed by atoms with Crippen LogP contribution >= 0.6 is 15.9 Å². The minimum absolute atomic E-state index is 0.299. The first-order chi connectivity index (χ1) is 13.7. The highest BCUT2D eigenvalue weighted by Crippen LogP contribution is 2.54. The fraction of sp³-hybridized carbons (Fsp3) is 0.200. The van der Waals surface area contributed by atoms with Crippen LogP contribution in [-0.2, 0) is 0 Å². The van der Waals surface area contributed by atoms with Crippen LogP contribution in [0, 0.1) is 0 Å². The van der Waals surface area contributed by atoms with Crippen LogP contribution in [0.1, 0.15) is 47.4 Å². The van der Waals surface area contributed by atoms with E-state index < -0.39 is 0 Å². The first-order valence-corrected chi connectivity index (χ1v) is 10.5. The molecule has 0 saturated carbocycles. The summed E-state index contributed by atoms with van der Waals surface area (Å²) >= 11 is 3.75. The summed E-state index contributed by atoms with van der Waals surface area (Å²) in [6.07, 6.45) is 3.37. The number of hydrogen-bond donors (Lipinski definition) is 0. The van der Waals surface area contributed by atoms with E-state index in [-0.39, 0.29) is 0 Å². The van der Waals surface area contributed by atoms with E-state index in [4.69, 9.17) is 9.47 Å². The molecule has 0 amide bonds. The molecule has 0 radical (unpaired) electrons. The Hall–Kier alpha value is -2.52. The van der Waals surface area contributed by atoms with Crippen LogP contribution in [0.2, 0.25) is 0 Å². The lowest BCUT2D eigenvalue weighted by Gasteiger charge is -2.21. The average molecular weight is 431 g/mol. The van der Waals surface area contributed by atoms with Gasteiger partial charge in [0, 0.05) is 11.8 Å². The third kappa shape index (κ3) is 2.20. The molecule has 3 heteroatoms. The van der Waals surface area contributed by atoms with Crippen LogP contribution in [0.25, 0.3) is 17.2 Å². The molecule has 3 aromatic carbocycles. The molecule has 0 N–H and O–H groups in total. The van der Waals surface area contributed by atoms with Crippen molar-refractivity contribution >= 4 is 22.0 Å². The second-order valence-corrected chi connectivity index (χ2v) is 8.62. The summed E-state index contributed by atoms with van der Waals surface area (Å²) in [4.78, 5) is 0. The molecule has 1 atom stereocenters. The maximum atomic E-state index is 5.70. The average Bonchev–Trinajstić information content (AvgIpc) is 3.39. The zero-order valence-electron chi connectivity index (χ0n) is 15.5. The first kappa shape index (κ1) is 16.4. The smallest absolute Gasteiger partial charge is 0.231 e. The van der Waals surface area contributed by atoms with Gasteiger partial charge in [0.25, 0.3) is 0 Å². The van der Waals surface area contributed by atoms with Crippen molar-refractivity contribution < 1.29 is 9.47 Å². The Labute approximate surface area is 172 Å². The summed E-state index contributed by atoms with van der Waals surface area (Å²) in [5.74, 6) is 2.48. The number of hydrogen-bond acceptors (Lipinski definition) is 2. The Morgan fingerprint density at radius 2 is 1.57 bits per heavy atom. The number of rotatable bonds is 2. The summed E-state index contributed by atoms with van der Waals surface area (Å²) in [5.41, 5.74) is 9.65. The number of fused-ring (bicyclic) bond motifs is 5. The Bertz CT molecular complexity index is 1120. The Kier molecular flexibility index (Phi) is 3.51. The van der Waals surface area contributed by atoms with E-state index in [1.807, 2.05) is 0 Å². The summed E-state index contributed by atoms with van der Waals surface area (Å²) in [5, 5.41) is 0. The normalized spacial score (nSPS) is 18.6. The number of halogens is 1. The van der Waals surface area contributed by atoms with Crippen molar-refractivity contribution in [3.8, 4) is 22.6 Å². The van der Waals surface area contributed by atoms with Gasteiger partial charge in [-0.3, -0.25) is 0 Å². The van der Waals surface area contributed by atoms with Crippen molar-refractivity contribution in [3.63, 3.8) is 0 Å². The number of allylic oxidation sites excluding steroid dienone is 1. The molecule has 3 aromatic rings. The molecule has 138 valence electrons. The van der Waals surface area contributed by atoms with Crippen molar-refractivity contribution in [1.82, 2.24) is 0 Å². The molecule has 0 saturated heterocycles. The van der Waals surface area contributed by atoms with E-state index in [0.29, 0.717) is 18.6 Å². The van der Waals surface area contributed by atoms with Crippen molar-refractivity contribution in [2.75, 3.05) is 6.79 Å². The summed E-state index contributed by atoms with van der Waals surface area (Å²) < 4.78 is 12.4. The highest BCUT2D eigenvalue weighted by atomic mass is 79.9. The van der Waals surface area contributed by atoms with Crippen LogP contribution in [0.15, 0.2) is 64.6 Å². The van der Waals surface area contributed by atoms with Crippen molar-refractivity contribution in [1.29, 1.82) is 0 Å². The molecule has 3 aliphatic rings. The molecule has 1 aliphatic heterocycles. The zero-order chi connectivity index (χ0) is 18.8. The van der Waals surface area contributed by atoms with Gasteiger partial charge in [0.2, 0.25) is 6.79 Å². The van der Waals surface area contributed by atoms with Gasteiger partial charge in [-0.2, -0.15) is 0 Å². The second-order valence-electron chi connectivity index (χ2n) is 7.83. The van der Waals surface area contributed by atoms with Gasteiger partial charge >= 0.3 is 0 Å². The summed E-state index contributed by atoms with van der Waals surface area (Å²) in [6.45, 7) is 2.55. The molecule has 2 aliphatic carbocycles. The lowest BCUT2D eigenvalue weighted by Crippen LogP contribution is -2.06. The monoisotopic (exact) mass is 430 g/mol. The minimum Gasteiger partial charge on any atom is -0.454 e. The van der Waals surface area contributed by atoms with E-state index in [1.165, 1.54) is 39.0 Å². The van der Waals surface area contributed by atoms with Crippen LogP contribution < -0.4 is 9.47 Å². The van der Waals surface area contributed by atoms with Gasteiger partial charge in [0.05, 0.1) is 4.47 Å². The third-order valence-electron chi connectivity index (χ3n) is 6.41. The Balaban J connectivity index is 1.46. The van der Waals surface area contributed by atoms with E-state index in [0.717, 1.165) is 22.4 Å². The molecule has 6 rings (SSSR count). The highest BCUT2D eigenvalue weighted by molar-refractivity contribution is 9.10. The highest BCUT2D eigenvalue weighted by Gasteiger charge is 2.35. The maximum Gasteiger partial charge on any atom is 0.231 e. The van der Waals surface area contributed by atoms with Gasteiger partial charge in [-0.1, -0.05) is 60.2 Å². The summed E-state index contributed by atoms with van der Waals surface area (Å²) in [6, 6.07) is 19.9. The fourth-order valence-corrected chi connectivity index (χ4v) is 5.76. The van der Waals surface area contributed by atoms with Gasteiger partial charge < -0.3 is 9.47 Å². The molecule has 0 spiro atoms. The molecule has 28 heavy (non-hydrogen) atoms. The maximum absolute atomic E-state index is 5.70. The zero-order valence-corrected chi connectivity index (χ0v) is 17.1. The van der Waals surface area contributed by atoms with Crippen LogP contribution in [0.5, 0.6) is 11.5 Å². The second kappa shape index (κ2) is 5.99. The van der Waals surface area contributed by atoms with E-state index in [1.54, 1.807) is 0 Å². The van der Waals surface area contributed by atoms with E-state index in [2.05, 4.69) is 83.5 Å². The van der Waals surface area contributed by atoms with Gasteiger partial charge in [-0.15, -0.1) is 0 Å². The molecular formula is C25H19BrO2. The van der Waals surface area contributed by atoms with Crippen LogP contribution in [0.4, 0.5) is 0 Å². The quantitative estimate of drug-likeness (QED) is 0.440. The molecule has 0 fully saturated rings. The predicted octanol–water partition coefficient (Wildman–Crippen LogP) is 6.88. The van der Waals surface area contributed by atoms with Gasteiger partial charge in [0.1, 0.15) is 0 Å². The van der Waals surface area contributed by atoms with Gasteiger partial charge in [-0.25, -0.2) is 0 Å². The van der Waals surface area contributed by atoms with Gasteiger partial charge in [0.15, 0.2) is 11.5 Å². The van der Waals surface area contributed by atoms with Crippen molar-refractivity contribution in [3.05, 3.63) is 86.9 Å². The lowest BCUT2D eigenvalue weighted by atomic mass is 9.82. The standard InChI is InChI=1S/C25H19BrO2/c1-14-10-22-21(12-23-25(24(22)26)28-13-27-23)19(14)11-20-17-8-4-2-6-15(17)16-7-3-5-9-18(16)20/h2-10,12,19-20H,11,13H2,1H3. The van der Waals surface area contributed by atoms with Crippen molar-refractivity contribution in [2.45, 2.75) is 25.2 Å². The third-order valence-corrected chi connectivity index (χ3v) is 7.19. The lowest BCUT2D eigenvalue weighted by molar-refractivity contribution is 0.173. The van der Waals surface area contributed by atoms with E-state index >= 15 is 0 Å².